The first-order valence-electron chi connectivity index (χ1n) is 8.15. The average molecular weight is 361 g/mol. The van der Waals surface area contributed by atoms with Crippen molar-refractivity contribution >= 4 is 23.4 Å². The van der Waals surface area contributed by atoms with Crippen LogP contribution in [-0.2, 0) is 0 Å². The fourth-order valence-electron chi connectivity index (χ4n) is 2.94. The molecule has 0 radical (unpaired) electrons. The summed E-state index contributed by atoms with van der Waals surface area (Å²) in [7, 11) is 0. The van der Waals surface area contributed by atoms with Crippen LogP contribution >= 0.6 is 11.6 Å². The van der Waals surface area contributed by atoms with Gasteiger partial charge in [-0.1, -0.05) is 35.9 Å². The van der Waals surface area contributed by atoms with Crippen molar-refractivity contribution in [3.05, 3.63) is 70.5 Å². The molecule has 1 saturated heterocycles. The van der Waals surface area contributed by atoms with Gasteiger partial charge in [0.05, 0.1) is 16.1 Å². The maximum atomic E-state index is 13.7. The molecule has 0 spiro atoms. The number of carbonyl (C=O) groups is 2. The third-order valence-electron chi connectivity index (χ3n) is 4.34. The quantitative estimate of drug-likeness (QED) is 0.910. The molecule has 1 fully saturated rings. The molecule has 0 bridgehead atoms. The molecule has 130 valence electrons. The van der Waals surface area contributed by atoms with Crippen LogP contribution in [0.2, 0.25) is 5.02 Å². The molecule has 0 aromatic heterocycles. The van der Waals surface area contributed by atoms with Crippen molar-refractivity contribution < 1.29 is 14.0 Å². The predicted molar refractivity (Wildman–Crippen MR) is 94.2 cm³/mol. The van der Waals surface area contributed by atoms with Gasteiger partial charge in [-0.2, -0.15) is 0 Å². The third kappa shape index (κ3) is 3.99. The van der Waals surface area contributed by atoms with Gasteiger partial charge >= 0.3 is 0 Å². The van der Waals surface area contributed by atoms with Crippen molar-refractivity contribution in [2.24, 2.45) is 0 Å². The molecule has 0 saturated carbocycles. The molecule has 1 aliphatic heterocycles. The van der Waals surface area contributed by atoms with E-state index in [9.17, 15) is 14.0 Å². The van der Waals surface area contributed by atoms with Crippen LogP contribution in [0.5, 0.6) is 0 Å². The first-order valence-corrected chi connectivity index (χ1v) is 8.53. The Balaban J connectivity index is 1.57. The van der Waals surface area contributed by atoms with Gasteiger partial charge in [-0.05, 0) is 37.1 Å². The van der Waals surface area contributed by atoms with Gasteiger partial charge in [-0.25, -0.2) is 4.39 Å². The van der Waals surface area contributed by atoms with Crippen LogP contribution in [0.4, 0.5) is 4.39 Å². The molecule has 0 unspecified atom stereocenters. The molecule has 25 heavy (non-hydrogen) atoms. The van der Waals surface area contributed by atoms with E-state index in [1.165, 1.54) is 12.1 Å². The summed E-state index contributed by atoms with van der Waals surface area (Å²) in [4.78, 5) is 26.4. The zero-order chi connectivity index (χ0) is 17.8. The highest BCUT2D eigenvalue weighted by atomic mass is 35.5. The Bertz CT molecular complexity index is 788. The third-order valence-corrected chi connectivity index (χ3v) is 4.67. The maximum absolute atomic E-state index is 13.7. The Hall–Kier alpha value is -2.40. The second-order valence-corrected chi connectivity index (χ2v) is 6.41. The number of likely N-dealkylation sites (tertiary alicyclic amines) is 1. The molecular formula is C19H18ClFN2O2. The number of hydrogen-bond acceptors (Lipinski definition) is 2. The van der Waals surface area contributed by atoms with Gasteiger partial charge in [-0.3, -0.25) is 9.59 Å². The number of amides is 2. The summed E-state index contributed by atoms with van der Waals surface area (Å²) in [6.07, 6.45) is 1.24. The Morgan fingerprint density at radius 1 is 1.00 bits per heavy atom. The van der Waals surface area contributed by atoms with Crippen LogP contribution < -0.4 is 5.32 Å². The van der Waals surface area contributed by atoms with Crippen molar-refractivity contribution in [2.75, 3.05) is 13.1 Å². The number of rotatable bonds is 3. The largest absolute Gasteiger partial charge is 0.349 e. The summed E-state index contributed by atoms with van der Waals surface area (Å²) >= 11 is 6.08. The van der Waals surface area contributed by atoms with Crippen molar-refractivity contribution in [2.45, 2.75) is 18.9 Å². The molecule has 2 amide bonds. The van der Waals surface area contributed by atoms with E-state index in [1.54, 1.807) is 41.3 Å². The zero-order valence-corrected chi connectivity index (χ0v) is 14.3. The molecule has 1 heterocycles. The van der Waals surface area contributed by atoms with E-state index >= 15 is 0 Å². The van der Waals surface area contributed by atoms with E-state index in [0.29, 0.717) is 36.5 Å². The number of hydrogen-bond donors (Lipinski definition) is 1. The highest BCUT2D eigenvalue weighted by Gasteiger charge is 2.26. The van der Waals surface area contributed by atoms with Crippen molar-refractivity contribution in [3.63, 3.8) is 0 Å². The van der Waals surface area contributed by atoms with E-state index in [-0.39, 0.29) is 17.5 Å². The van der Waals surface area contributed by atoms with Gasteiger partial charge in [-0.15, -0.1) is 0 Å². The second-order valence-electron chi connectivity index (χ2n) is 6.00. The van der Waals surface area contributed by atoms with Crippen molar-refractivity contribution in [1.82, 2.24) is 10.2 Å². The fourth-order valence-corrected chi connectivity index (χ4v) is 3.16. The lowest BCUT2D eigenvalue weighted by molar-refractivity contribution is 0.0698. The molecular weight excluding hydrogens is 343 g/mol. The average Bonchev–Trinajstić information content (AvgIpc) is 2.62. The van der Waals surface area contributed by atoms with Crippen LogP contribution in [0.15, 0.2) is 48.5 Å². The molecule has 4 nitrogen and oxygen atoms in total. The summed E-state index contributed by atoms with van der Waals surface area (Å²) in [5.41, 5.74) is 0.523. The SMILES string of the molecule is O=C(NC1CCN(C(=O)c2ccccc2Cl)CC1)c1ccccc1F. The number of nitrogens with zero attached hydrogens (tertiary/aromatic N) is 1. The Morgan fingerprint density at radius 2 is 1.60 bits per heavy atom. The minimum atomic E-state index is -0.536. The van der Waals surface area contributed by atoms with E-state index < -0.39 is 11.7 Å². The van der Waals surface area contributed by atoms with Crippen LogP contribution in [0.25, 0.3) is 0 Å². The topological polar surface area (TPSA) is 49.4 Å². The second kappa shape index (κ2) is 7.66. The van der Waals surface area contributed by atoms with Crippen LogP contribution in [-0.4, -0.2) is 35.8 Å². The van der Waals surface area contributed by atoms with Gasteiger partial charge in [0.25, 0.3) is 11.8 Å². The lowest BCUT2D eigenvalue weighted by Crippen LogP contribution is -2.46. The van der Waals surface area contributed by atoms with E-state index in [2.05, 4.69) is 5.32 Å². The molecule has 0 atom stereocenters. The minimum absolute atomic E-state index is 0.0390. The zero-order valence-electron chi connectivity index (χ0n) is 13.5. The van der Waals surface area contributed by atoms with Crippen LogP contribution in [0.1, 0.15) is 33.6 Å². The summed E-state index contributed by atoms with van der Waals surface area (Å²) < 4.78 is 13.7. The standard InChI is InChI=1S/C19H18ClFN2O2/c20-16-7-3-1-5-14(16)19(25)23-11-9-13(10-12-23)22-18(24)15-6-2-4-8-17(15)21/h1-8,13H,9-12H2,(H,22,24). The molecule has 2 aromatic carbocycles. The van der Waals surface area contributed by atoms with E-state index in [4.69, 9.17) is 11.6 Å². The Labute approximate surface area is 150 Å². The summed E-state index contributed by atoms with van der Waals surface area (Å²) in [5.74, 6) is -1.07. The maximum Gasteiger partial charge on any atom is 0.255 e. The number of carbonyl (C=O) groups excluding carboxylic acids is 2. The summed E-state index contributed by atoms with van der Waals surface area (Å²) in [6.45, 7) is 1.04. The van der Waals surface area contributed by atoms with Crippen LogP contribution in [0.3, 0.4) is 0 Å². The number of nitrogens with one attached hydrogen (secondary N) is 1. The first kappa shape index (κ1) is 17.4. The molecule has 2 aromatic rings. The Kier molecular flexibility index (Phi) is 5.34. The first-order chi connectivity index (χ1) is 12.1. The smallest absolute Gasteiger partial charge is 0.255 e. The highest BCUT2D eigenvalue weighted by Crippen LogP contribution is 2.20. The highest BCUT2D eigenvalue weighted by molar-refractivity contribution is 6.33. The van der Waals surface area contributed by atoms with Gasteiger partial charge in [0.2, 0.25) is 0 Å². The van der Waals surface area contributed by atoms with Crippen LogP contribution in [0, 0.1) is 5.82 Å². The fraction of sp³-hybridized carbons (Fsp3) is 0.263. The van der Waals surface area contributed by atoms with E-state index in [1.807, 2.05) is 0 Å². The molecule has 0 aliphatic carbocycles. The lowest BCUT2D eigenvalue weighted by Gasteiger charge is -2.32. The van der Waals surface area contributed by atoms with Crippen molar-refractivity contribution in [1.29, 1.82) is 0 Å². The van der Waals surface area contributed by atoms with Gasteiger partial charge < -0.3 is 10.2 Å². The van der Waals surface area contributed by atoms with Gasteiger partial charge in [0, 0.05) is 19.1 Å². The molecule has 3 rings (SSSR count). The minimum Gasteiger partial charge on any atom is -0.349 e. The number of halogens is 2. The number of benzene rings is 2. The summed E-state index contributed by atoms with van der Waals surface area (Å²) in [6, 6.07) is 12.8. The molecule has 1 aliphatic rings. The normalized spacial score (nSPS) is 15.0. The summed E-state index contributed by atoms with van der Waals surface area (Å²) in [5, 5.41) is 3.28. The monoisotopic (exact) mass is 360 g/mol. The lowest BCUT2D eigenvalue weighted by atomic mass is 10.0. The Morgan fingerprint density at radius 3 is 2.24 bits per heavy atom. The molecule has 6 heteroatoms. The van der Waals surface area contributed by atoms with Gasteiger partial charge in [0.1, 0.15) is 5.82 Å². The van der Waals surface area contributed by atoms with Gasteiger partial charge in [0.15, 0.2) is 0 Å². The predicted octanol–water partition coefficient (Wildman–Crippen LogP) is 3.51. The number of piperidine rings is 1. The van der Waals surface area contributed by atoms with Crippen molar-refractivity contribution in [3.8, 4) is 0 Å². The molecule has 1 N–H and O–H groups in total. The van der Waals surface area contributed by atoms with E-state index in [0.717, 1.165) is 0 Å².